The first-order valence-electron chi connectivity index (χ1n) is 13.6. The minimum Gasteiger partial charge on any atom is -0.508 e. The van der Waals surface area contributed by atoms with E-state index in [-0.39, 0.29) is 0 Å². The summed E-state index contributed by atoms with van der Waals surface area (Å²) in [7, 11) is 0. The van der Waals surface area contributed by atoms with Gasteiger partial charge in [0.05, 0.1) is 0 Å². The predicted molar refractivity (Wildman–Crippen MR) is 158 cm³/mol. The van der Waals surface area contributed by atoms with Crippen LogP contribution in [0, 0.1) is 0 Å². The molecular weight excluding hydrogens is 476 g/mol. The van der Waals surface area contributed by atoms with Gasteiger partial charge >= 0.3 is 0 Å². The topological polar surface area (TPSA) is 40.5 Å². The number of allylic oxidation sites excluding steroid dienone is 6. The fourth-order valence-electron chi connectivity index (χ4n) is 7.74. The number of aliphatic hydroxyl groups excluding tert-OH is 2. The molecule has 4 aromatic rings. The summed E-state index contributed by atoms with van der Waals surface area (Å²) in [6.45, 7) is 0. The number of benzene rings is 4. The second-order valence-electron chi connectivity index (χ2n) is 10.8. The van der Waals surface area contributed by atoms with Crippen molar-refractivity contribution in [3.05, 3.63) is 179 Å². The zero-order valence-corrected chi connectivity index (χ0v) is 21.7. The van der Waals surface area contributed by atoms with Crippen LogP contribution in [0.5, 0.6) is 0 Å². The Bertz CT molecular complexity index is 1550. The van der Waals surface area contributed by atoms with E-state index in [1.54, 1.807) is 0 Å². The van der Waals surface area contributed by atoms with Crippen LogP contribution >= 0.6 is 0 Å². The van der Waals surface area contributed by atoms with E-state index in [1.807, 2.05) is 24.3 Å². The highest BCUT2D eigenvalue weighted by Gasteiger charge is 2.66. The summed E-state index contributed by atoms with van der Waals surface area (Å²) >= 11 is 0. The average Bonchev–Trinajstić information content (AvgIpc) is 3.31. The second kappa shape index (κ2) is 8.74. The Morgan fingerprint density at radius 1 is 0.462 bits per heavy atom. The molecule has 0 bridgehead atoms. The molecule has 2 unspecified atom stereocenters. The molecule has 2 N–H and O–H groups in total. The van der Waals surface area contributed by atoms with Gasteiger partial charge in [0.25, 0.3) is 0 Å². The van der Waals surface area contributed by atoms with Crippen molar-refractivity contribution in [3.63, 3.8) is 0 Å². The molecule has 2 nitrogen and oxygen atoms in total. The van der Waals surface area contributed by atoms with Gasteiger partial charge in [-0.1, -0.05) is 121 Å². The van der Waals surface area contributed by atoms with Crippen LogP contribution in [-0.4, -0.2) is 10.2 Å². The van der Waals surface area contributed by atoms with Crippen molar-refractivity contribution in [2.45, 2.75) is 29.1 Å². The Balaban J connectivity index is 1.72. The molecule has 0 amide bonds. The summed E-state index contributed by atoms with van der Waals surface area (Å²) in [4.78, 5) is 0. The molecule has 0 fully saturated rings. The van der Waals surface area contributed by atoms with Crippen LogP contribution < -0.4 is 0 Å². The maximum atomic E-state index is 10.6. The second-order valence-corrected chi connectivity index (χ2v) is 10.8. The van der Waals surface area contributed by atoms with Gasteiger partial charge in [0.2, 0.25) is 0 Å². The monoisotopic (exact) mass is 506 g/mol. The molecule has 190 valence electrons. The molecule has 39 heavy (non-hydrogen) atoms. The van der Waals surface area contributed by atoms with Gasteiger partial charge in [0.1, 0.15) is 11.5 Å². The number of aliphatic hydroxyl groups is 2. The van der Waals surface area contributed by atoms with E-state index in [0.717, 1.165) is 0 Å². The molecule has 0 aromatic heterocycles. The molecular formula is C37H30O2. The van der Waals surface area contributed by atoms with Crippen LogP contribution in [0.2, 0.25) is 0 Å². The lowest BCUT2D eigenvalue weighted by atomic mass is 9.41. The Labute approximate surface area is 229 Å². The summed E-state index contributed by atoms with van der Waals surface area (Å²) in [5.74, 6) is 0.587. The van der Waals surface area contributed by atoms with Crippen LogP contribution in [0.15, 0.2) is 157 Å². The van der Waals surface area contributed by atoms with Gasteiger partial charge in [0.15, 0.2) is 0 Å². The van der Waals surface area contributed by atoms with Crippen molar-refractivity contribution in [2.75, 3.05) is 0 Å². The van der Waals surface area contributed by atoms with E-state index in [9.17, 15) is 10.2 Å². The van der Waals surface area contributed by atoms with E-state index < -0.39 is 16.2 Å². The Hall–Kier alpha value is -4.56. The molecule has 0 saturated heterocycles. The van der Waals surface area contributed by atoms with Crippen LogP contribution in [-0.2, 0) is 16.2 Å². The van der Waals surface area contributed by atoms with Gasteiger partial charge in [-0.15, -0.1) is 0 Å². The van der Waals surface area contributed by atoms with Gasteiger partial charge in [-0.05, 0) is 70.5 Å². The van der Waals surface area contributed by atoms with Crippen LogP contribution in [0.3, 0.4) is 0 Å². The van der Waals surface area contributed by atoms with E-state index in [2.05, 4.69) is 121 Å². The first-order valence-corrected chi connectivity index (χ1v) is 13.6. The van der Waals surface area contributed by atoms with E-state index in [4.69, 9.17) is 0 Å². The van der Waals surface area contributed by atoms with Crippen molar-refractivity contribution in [1.82, 2.24) is 0 Å². The highest BCUT2D eigenvalue weighted by Crippen LogP contribution is 2.69. The largest absolute Gasteiger partial charge is 0.508 e. The molecule has 0 heterocycles. The molecule has 0 aliphatic heterocycles. The molecule has 3 aliphatic carbocycles. The lowest BCUT2D eigenvalue weighted by Gasteiger charge is -2.59. The maximum absolute atomic E-state index is 10.6. The van der Waals surface area contributed by atoms with E-state index >= 15 is 0 Å². The lowest BCUT2D eigenvalue weighted by Crippen LogP contribution is -2.60. The number of hydrogen-bond donors (Lipinski definition) is 2. The highest BCUT2D eigenvalue weighted by atomic mass is 16.3. The summed E-state index contributed by atoms with van der Waals surface area (Å²) in [5.41, 5.74) is 5.66. The SMILES string of the molecule is OC1=CCC(c2ccccc2)(C2(C3(c4ccccc4)C=CC(O)=CC3)c3ccccc3-c3ccccc32)C=C1. The summed E-state index contributed by atoms with van der Waals surface area (Å²) < 4.78 is 0. The molecule has 3 aliphatic rings. The van der Waals surface area contributed by atoms with Crippen molar-refractivity contribution in [1.29, 1.82) is 0 Å². The van der Waals surface area contributed by atoms with Crippen molar-refractivity contribution < 1.29 is 10.2 Å². The zero-order chi connectivity index (χ0) is 26.5. The fourth-order valence-corrected chi connectivity index (χ4v) is 7.74. The molecule has 2 atom stereocenters. The molecule has 4 aromatic carbocycles. The zero-order valence-electron chi connectivity index (χ0n) is 21.7. The summed E-state index contributed by atoms with van der Waals surface area (Å²) in [5, 5.41) is 21.3. The third kappa shape index (κ3) is 3.09. The Morgan fingerprint density at radius 3 is 1.23 bits per heavy atom. The normalized spacial score (nSPS) is 24.4. The number of fused-ring (bicyclic) bond motifs is 3. The standard InChI is InChI=1S/C37H30O2/c38-29-19-23-35(24-20-29,27-11-3-1-4-12-27)37(33-17-9-7-15-31(33)32-16-8-10-18-34(32)37)36(25-21-30(39)22-26-36)28-13-5-2-6-14-28/h1-23,25,38-39H,24,26H2. The van der Waals surface area contributed by atoms with Crippen LogP contribution in [0.25, 0.3) is 11.1 Å². The molecule has 0 radical (unpaired) electrons. The molecule has 7 rings (SSSR count). The smallest absolute Gasteiger partial charge is 0.111 e. The minimum absolute atomic E-state index is 0.293. The van der Waals surface area contributed by atoms with E-state index in [0.29, 0.717) is 24.4 Å². The highest BCUT2D eigenvalue weighted by molar-refractivity contribution is 5.85. The van der Waals surface area contributed by atoms with Gasteiger partial charge in [-0.25, -0.2) is 0 Å². The third-order valence-corrected chi connectivity index (χ3v) is 9.21. The average molecular weight is 507 g/mol. The number of hydrogen-bond acceptors (Lipinski definition) is 2. The first-order chi connectivity index (χ1) is 19.1. The molecule has 2 heteroatoms. The summed E-state index contributed by atoms with van der Waals surface area (Å²) in [6.07, 6.45) is 13.4. The van der Waals surface area contributed by atoms with Gasteiger partial charge in [-0.2, -0.15) is 0 Å². The van der Waals surface area contributed by atoms with E-state index in [1.165, 1.54) is 33.4 Å². The van der Waals surface area contributed by atoms with Gasteiger partial charge < -0.3 is 10.2 Å². The maximum Gasteiger partial charge on any atom is 0.111 e. The van der Waals surface area contributed by atoms with Gasteiger partial charge in [-0.3, -0.25) is 0 Å². The Kier molecular flexibility index (Phi) is 5.28. The van der Waals surface area contributed by atoms with Crippen LogP contribution in [0.4, 0.5) is 0 Å². The quantitative estimate of drug-likeness (QED) is 0.291. The predicted octanol–water partition coefficient (Wildman–Crippen LogP) is 8.63. The molecule has 0 saturated carbocycles. The van der Waals surface area contributed by atoms with Crippen molar-refractivity contribution >= 4 is 0 Å². The third-order valence-electron chi connectivity index (χ3n) is 9.21. The minimum atomic E-state index is -0.614. The first kappa shape index (κ1) is 23.5. The summed E-state index contributed by atoms with van der Waals surface area (Å²) in [6, 6.07) is 39.1. The fraction of sp³-hybridized carbons (Fsp3) is 0.135. The van der Waals surface area contributed by atoms with Gasteiger partial charge in [0, 0.05) is 16.2 Å². The lowest BCUT2D eigenvalue weighted by molar-refractivity contribution is 0.203. The van der Waals surface area contributed by atoms with Crippen molar-refractivity contribution in [3.8, 4) is 11.1 Å². The number of rotatable bonds is 4. The molecule has 0 spiro atoms. The van der Waals surface area contributed by atoms with Crippen LogP contribution in [0.1, 0.15) is 35.1 Å². The Morgan fingerprint density at radius 2 is 0.846 bits per heavy atom. The van der Waals surface area contributed by atoms with Crippen molar-refractivity contribution in [2.24, 2.45) is 0 Å².